The molecule has 5 nitrogen and oxygen atoms in total. The first-order valence-electron chi connectivity index (χ1n) is 10.1. The summed E-state index contributed by atoms with van der Waals surface area (Å²) in [6, 6.07) is 15.8. The minimum Gasteiger partial charge on any atom is -0.493 e. The molecule has 1 aliphatic heterocycles. The molecule has 0 bridgehead atoms. The molecule has 0 spiro atoms. The van der Waals surface area contributed by atoms with Crippen LogP contribution in [0.4, 0.5) is 0 Å². The van der Waals surface area contributed by atoms with Gasteiger partial charge in [-0.2, -0.15) is 0 Å². The van der Waals surface area contributed by atoms with Crippen LogP contribution in [0.2, 0.25) is 0 Å². The maximum atomic E-state index is 12.2. The van der Waals surface area contributed by atoms with Gasteiger partial charge in [0.15, 0.2) is 11.5 Å². The van der Waals surface area contributed by atoms with Crippen LogP contribution in [-0.4, -0.2) is 26.1 Å². The van der Waals surface area contributed by atoms with Crippen LogP contribution in [0.15, 0.2) is 48.5 Å². The Morgan fingerprint density at radius 3 is 2.61 bits per heavy atom. The molecule has 0 unspecified atom stereocenters. The molecule has 1 saturated heterocycles. The Bertz CT molecular complexity index is 743. The van der Waals surface area contributed by atoms with Crippen molar-refractivity contribution < 1.29 is 14.3 Å². The number of benzene rings is 2. The largest absolute Gasteiger partial charge is 0.493 e. The summed E-state index contributed by atoms with van der Waals surface area (Å²) in [6.07, 6.45) is 3.92. The summed E-state index contributed by atoms with van der Waals surface area (Å²) in [5.41, 5.74) is 2.11. The molecule has 0 atom stereocenters. The lowest BCUT2D eigenvalue weighted by Gasteiger charge is -2.22. The number of hydrogen-bond donors (Lipinski definition) is 2. The van der Waals surface area contributed by atoms with E-state index in [0.29, 0.717) is 37.0 Å². The molecular weight excluding hydrogens is 352 g/mol. The third kappa shape index (κ3) is 6.27. The summed E-state index contributed by atoms with van der Waals surface area (Å²) < 4.78 is 11.3. The Kier molecular flexibility index (Phi) is 7.73. The minimum absolute atomic E-state index is 0.113. The number of carbonyl (C=O) groups excluding carboxylic acids is 1. The van der Waals surface area contributed by atoms with Crippen LogP contribution in [0.1, 0.15) is 36.8 Å². The quantitative estimate of drug-likeness (QED) is 0.695. The highest BCUT2D eigenvalue weighted by atomic mass is 16.5. The van der Waals surface area contributed by atoms with Crippen molar-refractivity contribution in [2.45, 2.75) is 38.8 Å². The van der Waals surface area contributed by atoms with Gasteiger partial charge in [0.25, 0.3) is 0 Å². The summed E-state index contributed by atoms with van der Waals surface area (Å²) in [5.74, 6) is 2.17. The van der Waals surface area contributed by atoms with E-state index in [-0.39, 0.29) is 5.91 Å². The first-order valence-corrected chi connectivity index (χ1v) is 10.1. The van der Waals surface area contributed by atoms with Crippen molar-refractivity contribution in [1.29, 1.82) is 0 Å². The third-order valence-electron chi connectivity index (χ3n) is 5.19. The molecule has 2 aromatic rings. The average molecular weight is 383 g/mol. The average Bonchev–Trinajstić information content (AvgIpc) is 2.76. The molecule has 1 amide bonds. The van der Waals surface area contributed by atoms with E-state index in [2.05, 4.69) is 10.6 Å². The fraction of sp³-hybridized carbons (Fsp3) is 0.435. The highest BCUT2D eigenvalue weighted by Crippen LogP contribution is 2.29. The standard InChI is InChI=1S/C23H30N2O3/c1-27-22-15-20(7-9-21(22)28-17-19-5-3-2-4-6-19)16-25-23(26)10-8-18-11-13-24-14-12-18/h2-7,9,15,18,24H,8,10-14,16-17H2,1H3,(H,25,26). The van der Waals surface area contributed by atoms with Gasteiger partial charge in [0.2, 0.25) is 5.91 Å². The van der Waals surface area contributed by atoms with E-state index in [1.54, 1.807) is 7.11 Å². The third-order valence-corrected chi connectivity index (χ3v) is 5.19. The summed E-state index contributed by atoms with van der Waals surface area (Å²) in [6.45, 7) is 3.14. The molecule has 1 fully saturated rings. The molecule has 5 heteroatoms. The lowest BCUT2D eigenvalue weighted by atomic mass is 9.93. The van der Waals surface area contributed by atoms with Crippen molar-refractivity contribution in [3.05, 3.63) is 59.7 Å². The van der Waals surface area contributed by atoms with E-state index in [1.165, 1.54) is 12.8 Å². The molecule has 0 aliphatic carbocycles. The molecule has 1 heterocycles. The van der Waals surface area contributed by atoms with Gasteiger partial charge in [-0.25, -0.2) is 0 Å². The van der Waals surface area contributed by atoms with Gasteiger partial charge in [0.05, 0.1) is 7.11 Å². The van der Waals surface area contributed by atoms with Gasteiger partial charge in [-0.15, -0.1) is 0 Å². The second kappa shape index (κ2) is 10.7. The smallest absolute Gasteiger partial charge is 0.220 e. The Morgan fingerprint density at radius 2 is 1.86 bits per heavy atom. The minimum atomic E-state index is 0.113. The molecule has 0 saturated carbocycles. The lowest BCUT2D eigenvalue weighted by molar-refractivity contribution is -0.121. The van der Waals surface area contributed by atoms with Gasteiger partial charge >= 0.3 is 0 Å². The molecule has 2 aromatic carbocycles. The molecular formula is C23H30N2O3. The predicted molar refractivity (Wildman–Crippen MR) is 110 cm³/mol. The molecule has 3 rings (SSSR count). The van der Waals surface area contributed by atoms with Crippen molar-refractivity contribution in [1.82, 2.24) is 10.6 Å². The zero-order chi connectivity index (χ0) is 19.6. The van der Waals surface area contributed by atoms with E-state index >= 15 is 0 Å². The zero-order valence-electron chi connectivity index (χ0n) is 16.6. The van der Waals surface area contributed by atoms with Crippen molar-refractivity contribution >= 4 is 5.91 Å². The molecule has 28 heavy (non-hydrogen) atoms. The van der Waals surface area contributed by atoms with E-state index in [0.717, 1.165) is 30.6 Å². The highest BCUT2D eigenvalue weighted by molar-refractivity contribution is 5.75. The summed E-state index contributed by atoms with van der Waals surface area (Å²) in [5, 5.41) is 6.38. The topological polar surface area (TPSA) is 59.6 Å². The van der Waals surface area contributed by atoms with Crippen LogP contribution in [0.25, 0.3) is 0 Å². The Labute approximate surface area is 167 Å². The van der Waals surface area contributed by atoms with E-state index < -0.39 is 0 Å². The maximum Gasteiger partial charge on any atom is 0.220 e. The Morgan fingerprint density at radius 1 is 1.07 bits per heavy atom. The van der Waals surface area contributed by atoms with E-state index in [4.69, 9.17) is 9.47 Å². The van der Waals surface area contributed by atoms with Gasteiger partial charge in [-0.1, -0.05) is 36.4 Å². The van der Waals surface area contributed by atoms with Crippen LogP contribution in [0, 0.1) is 5.92 Å². The lowest BCUT2D eigenvalue weighted by Crippen LogP contribution is -2.29. The Balaban J connectivity index is 1.46. The number of carbonyl (C=O) groups is 1. The fourth-order valence-electron chi connectivity index (χ4n) is 3.47. The molecule has 0 radical (unpaired) electrons. The first-order chi connectivity index (χ1) is 13.7. The number of hydrogen-bond acceptors (Lipinski definition) is 4. The number of rotatable bonds is 9. The van der Waals surface area contributed by atoms with Crippen LogP contribution in [-0.2, 0) is 17.9 Å². The second-order valence-electron chi connectivity index (χ2n) is 7.27. The van der Waals surface area contributed by atoms with Crippen LogP contribution < -0.4 is 20.1 Å². The van der Waals surface area contributed by atoms with Gasteiger partial charge in [0.1, 0.15) is 6.61 Å². The maximum absolute atomic E-state index is 12.2. The summed E-state index contributed by atoms with van der Waals surface area (Å²) in [4.78, 5) is 12.2. The van der Waals surface area contributed by atoms with Crippen molar-refractivity contribution in [2.75, 3.05) is 20.2 Å². The number of nitrogens with one attached hydrogen (secondary N) is 2. The molecule has 1 aliphatic rings. The predicted octanol–water partition coefficient (Wildman–Crippen LogP) is 3.67. The first kappa shape index (κ1) is 20.2. The molecule has 150 valence electrons. The van der Waals surface area contributed by atoms with Crippen LogP contribution in [0.3, 0.4) is 0 Å². The fourth-order valence-corrected chi connectivity index (χ4v) is 3.47. The second-order valence-corrected chi connectivity index (χ2v) is 7.27. The highest BCUT2D eigenvalue weighted by Gasteiger charge is 2.14. The SMILES string of the molecule is COc1cc(CNC(=O)CCC2CCNCC2)ccc1OCc1ccccc1. The molecule has 2 N–H and O–H groups in total. The van der Waals surface area contributed by atoms with E-state index in [1.807, 2.05) is 48.5 Å². The van der Waals surface area contributed by atoms with Gasteiger partial charge in [-0.05, 0) is 61.5 Å². The van der Waals surface area contributed by atoms with Gasteiger partial charge < -0.3 is 20.1 Å². The number of amides is 1. The number of ether oxygens (including phenoxy) is 2. The normalized spacial score (nSPS) is 14.5. The van der Waals surface area contributed by atoms with Crippen LogP contribution >= 0.6 is 0 Å². The number of piperidine rings is 1. The van der Waals surface area contributed by atoms with Crippen molar-refractivity contribution in [2.24, 2.45) is 5.92 Å². The summed E-state index contributed by atoms with van der Waals surface area (Å²) >= 11 is 0. The van der Waals surface area contributed by atoms with Crippen molar-refractivity contribution in [3.63, 3.8) is 0 Å². The number of methoxy groups -OCH3 is 1. The van der Waals surface area contributed by atoms with E-state index in [9.17, 15) is 4.79 Å². The zero-order valence-corrected chi connectivity index (χ0v) is 16.6. The van der Waals surface area contributed by atoms with Crippen molar-refractivity contribution in [3.8, 4) is 11.5 Å². The monoisotopic (exact) mass is 382 g/mol. The van der Waals surface area contributed by atoms with Gasteiger partial charge in [0, 0.05) is 13.0 Å². The molecule has 0 aromatic heterocycles. The Hall–Kier alpha value is -2.53. The summed E-state index contributed by atoms with van der Waals surface area (Å²) in [7, 11) is 1.63. The van der Waals surface area contributed by atoms with Gasteiger partial charge in [-0.3, -0.25) is 4.79 Å². The van der Waals surface area contributed by atoms with Crippen LogP contribution in [0.5, 0.6) is 11.5 Å².